The minimum absolute atomic E-state index is 0.138. The molecule has 3 rings (SSSR count). The van der Waals surface area contributed by atoms with Crippen LogP contribution in [-0.2, 0) is 24.4 Å². The van der Waals surface area contributed by atoms with E-state index in [0.717, 1.165) is 12.0 Å². The van der Waals surface area contributed by atoms with Crippen molar-refractivity contribution >= 4 is 16.9 Å². The SMILES string of the molecule is CCCNC(=O)Cn1c(=O)n(Cc2ccccc2)c(=O)c2c1c(C)nn2CC. The molecule has 0 aliphatic rings. The smallest absolute Gasteiger partial charge is 0.332 e. The molecule has 148 valence electrons. The summed E-state index contributed by atoms with van der Waals surface area (Å²) in [5.74, 6) is -0.265. The van der Waals surface area contributed by atoms with Gasteiger partial charge >= 0.3 is 5.69 Å². The van der Waals surface area contributed by atoms with Crippen LogP contribution in [-0.4, -0.2) is 31.4 Å². The summed E-state index contributed by atoms with van der Waals surface area (Å²) in [7, 11) is 0. The molecule has 0 atom stereocenters. The molecule has 0 aliphatic carbocycles. The number of aryl methyl sites for hydroxylation is 2. The molecular formula is C20H25N5O3. The molecule has 8 heteroatoms. The average molecular weight is 383 g/mol. The van der Waals surface area contributed by atoms with Crippen molar-refractivity contribution in [1.82, 2.24) is 24.2 Å². The summed E-state index contributed by atoms with van der Waals surface area (Å²) >= 11 is 0. The van der Waals surface area contributed by atoms with Crippen molar-refractivity contribution in [1.29, 1.82) is 0 Å². The fraction of sp³-hybridized carbons (Fsp3) is 0.400. The minimum atomic E-state index is -0.508. The van der Waals surface area contributed by atoms with Gasteiger partial charge in [-0.25, -0.2) is 4.79 Å². The van der Waals surface area contributed by atoms with Gasteiger partial charge in [-0.15, -0.1) is 0 Å². The number of carbonyl (C=O) groups excluding carboxylic acids is 1. The maximum Gasteiger partial charge on any atom is 0.332 e. The van der Waals surface area contributed by atoms with Crippen molar-refractivity contribution in [2.75, 3.05) is 6.54 Å². The van der Waals surface area contributed by atoms with E-state index in [-0.39, 0.29) is 19.0 Å². The number of nitrogens with one attached hydrogen (secondary N) is 1. The summed E-state index contributed by atoms with van der Waals surface area (Å²) in [4.78, 5) is 38.6. The molecule has 0 unspecified atom stereocenters. The molecular weight excluding hydrogens is 358 g/mol. The second-order valence-corrected chi connectivity index (χ2v) is 6.69. The van der Waals surface area contributed by atoms with Gasteiger partial charge in [0.2, 0.25) is 5.91 Å². The lowest BCUT2D eigenvalue weighted by atomic mass is 10.2. The first-order valence-corrected chi connectivity index (χ1v) is 9.49. The predicted octanol–water partition coefficient (Wildman–Crippen LogP) is 1.26. The fourth-order valence-corrected chi connectivity index (χ4v) is 3.31. The Kier molecular flexibility index (Phi) is 5.77. The van der Waals surface area contributed by atoms with E-state index < -0.39 is 11.2 Å². The lowest BCUT2D eigenvalue weighted by Gasteiger charge is -2.13. The van der Waals surface area contributed by atoms with Crippen LogP contribution >= 0.6 is 0 Å². The number of amides is 1. The Morgan fingerprint density at radius 2 is 1.79 bits per heavy atom. The largest absolute Gasteiger partial charge is 0.355 e. The maximum absolute atomic E-state index is 13.2. The Bertz CT molecular complexity index is 1110. The number of rotatable bonds is 7. The molecule has 0 saturated carbocycles. The van der Waals surface area contributed by atoms with Crippen LogP contribution in [0.25, 0.3) is 11.0 Å². The van der Waals surface area contributed by atoms with Crippen LogP contribution in [0.3, 0.4) is 0 Å². The van der Waals surface area contributed by atoms with E-state index >= 15 is 0 Å². The summed E-state index contributed by atoms with van der Waals surface area (Å²) in [5.41, 5.74) is 1.26. The Hall–Kier alpha value is -3.16. The van der Waals surface area contributed by atoms with Crippen molar-refractivity contribution in [2.45, 2.75) is 46.8 Å². The first kappa shape index (κ1) is 19.6. The molecule has 0 radical (unpaired) electrons. The van der Waals surface area contributed by atoms with Gasteiger partial charge in [0.05, 0.1) is 12.2 Å². The van der Waals surface area contributed by atoms with Crippen LogP contribution in [0.15, 0.2) is 39.9 Å². The lowest BCUT2D eigenvalue weighted by Crippen LogP contribution is -2.43. The third kappa shape index (κ3) is 3.62. The molecule has 1 N–H and O–H groups in total. The molecule has 0 aliphatic heterocycles. The van der Waals surface area contributed by atoms with Crippen molar-refractivity contribution in [3.05, 3.63) is 62.4 Å². The van der Waals surface area contributed by atoms with Crippen LogP contribution in [0, 0.1) is 6.92 Å². The second kappa shape index (κ2) is 8.24. The molecule has 28 heavy (non-hydrogen) atoms. The van der Waals surface area contributed by atoms with E-state index in [2.05, 4.69) is 10.4 Å². The van der Waals surface area contributed by atoms with Gasteiger partial charge in [0.25, 0.3) is 5.56 Å². The molecule has 3 aromatic rings. The summed E-state index contributed by atoms with van der Waals surface area (Å²) < 4.78 is 4.13. The Labute approximate surface area is 162 Å². The van der Waals surface area contributed by atoms with E-state index in [1.807, 2.05) is 44.2 Å². The van der Waals surface area contributed by atoms with Crippen LogP contribution < -0.4 is 16.6 Å². The normalized spacial score (nSPS) is 11.1. The van der Waals surface area contributed by atoms with Crippen LogP contribution in [0.1, 0.15) is 31.5 Å². The number of hydrogen-bond acceptors (Lipinski definition) is 4. The fourth-order valence-electron chi connectivity index (χ4n) is 3.31. The van der Waals surface area contributed by atoms with Crippen molar-refractivity contribution < 1.29 is 4.79 Å². The van der Waals surface area contributed by atoms with E-state index in [4.69, 9.17) is 0 Å². The molecule has 2 heterocycles. The topological polar surface area (TPSA) is 90.9 Å². The van der Waals surface area contributed by atoms with Crippen molar-refractivity contribution in [3.8, 4) is 0 Å². The summed E-state index contributed by atoms with van der Waals surface area (Å²) in [6, 6.07) is 9.31. The highest BCUT2D eigenvalue weighted by Gasteiger charge is 2.21. The molecule has 2 aromatic heterocycles. The maximum atomic E-state index is 13.2. The molecule has 0 saturated heterocycles. The van der Waals surface area contributed by atoms with E-state index in [9.17, 15) is 14.4 Å². The quantitative estimate of drug-likeness (QED) is 0.665. The molecule has 0 fully saturated rings. The zero-order valence-corrected chi connectivity index (χ0v) is 16.4. The number of benzene rings is 1. The third-order valence-electron chi connectivity index (χ3n) is 4.63. The first-order valence-electron chi connectivity index (χ1n) is 9.49. The van der Waals surface area contributed by atoms with Gasteiger partial charge in [-0.05, 0) is 25.8 Å². The minimum Gasteiger partial charge on any atom is -0.355 e. The van der Waals surface area contributed by atoms with Gasteiger partial charge in [0.1, 0.15) is 12.1 Å². The zero-order valence-electron chi connectivity index (χ0n) is 16.4. The summed E-state index contributed by atoms with van der Waals surface area (Å²) in [6.07, 6.45) is 0.802. The molecule has 1 aromatic carbocycles. The number of carbonyl (C=O) groups is 1. The second-order valence-electron chi connectivity index (χ2n) is 6.69. The summed E-state index contributed by atoms with van der Waals surface area (Å²) in [6.45, 7) is 6.60. The highest BCUT2D eigenvalue weighted by Crippen LogP contribution is 2.14. The van der Waals surface area contributed by atoms with Crippen LogP contribution in [0.4, 0.5) is 0 Å². The van der Waals surface area contributed by atoms with E-state index in [0.29, 0.717) is 29.8 Å². The molecule has 0 spiro atoms. The van der Waals surface area contributed by atoms with Crippen LogP contribution in [0.2, 0.25) is 0 Å². The van der Waals surface area contributed by atoms with Gasteiger partial charge < -0.3 is 5.32 Å². The Morgan fingerprint density at radius 3 is 2.43 bits per heavy atom. The zero-order chi connectivity index (χ0) is 20.3. The number of fused-ring (bicyclic) bond motifs is 1. The highest BCUT2D eigenvalue weighted by molar-refractivity contribution is 5.81. The third-order valence-corrected chi connectivity index (χ3v) is 4.63. The van der Waals surface area contributed by atoms with Crippen LogP contribution in [0.5, 0.6) is 0 Å². The predicted molar refractivity (Wildman–Crippen MR) is 108 cm³/mol. The monoisotopic (exact) mass is 383 g/mol. The summed E-state index contributed by atoms with van der Waals surface area (Å²) in [5, 5.41) is 7.18. The molecule has 0 bridgehead atoms. The van der Waals surface area contributed by atoms with Crippen molar-refractivity contribution in [3.63, 3.8) is 0 Å². The van der Waals surface area contributed by atoms with Gasteiger partial charge in [0.15, 0.2) is 5.52 Å². The molecule has 1 amide bonds. The lowest BCUT2D eigenvalue weighted by molar-refractivity contribution is -0.121. The molecule has 8 nitrogen and oxygen atoms in total. The van der Waals surface area contributed by atoms with Crippen molar-refractivity contribution in [2.24, 2.45) is 0 Å². The van der Waals surface area contributed by atoms with E-state index in [1.54, 1.807) is 11.6 Å². The van der Waals surface area contributed by atoms with Gasteiger partial charge in [0, 0.05) is 13.1 Å². The number of hydrogen-bond donors (Lipinski definition) is 1. The Morgan fingerprint density at radius 1 is 1.07 bits per heavy atom. The standard InChI is InChI=1S/C20H25N5O3/c1-4-11-21-16(26)13-23-17-14(3)22-25(5-2)18(17)19(27)24(20(23)28)12-15-9-7-6-8-10-15/h6-10H,4-5,11-13H2,1-3H3,(H,21,26). The van der Waals surface area contributed by atoms with E-state index in [1.165, 1.54) is 9.13 Å². The van der Waals surface area contributed by atoms with Gasteiger partial charge in [-0.3, -0.25) is 23.4 Å². The van der Waals surface area contributed by atoms with Gasteiger partial charge in [-0.2, -0.15) is 5.10 Å². The average Bonchev–Trinajstić information content (AvgIpc) is 3.04. The highest BCUT2D eigenvalue weighted by atomic mass is 16.2. The first-order chi connectivity index (χ1) is 13.5. The number of nitrogens with zero attached hydrogens (tertiary/aromatic N) is 4. The van der Waals surface area contributed by atoms with Gasteiger partial charge in [-0.1, -0.05) is 37.3 Å². The Balaban J connectivity index is 2.22. The number of aromatic nitrogens is 4.